The molecule has 0 aliphatic heterocycles. The Morgan fingerprint density at radius 2 is 2.13 bits per heavy atom. The van der Waals surface area contributed by atoms with Gasteiger partial charge in [0.05, 0.1) is 16.0 Å². The molecule has 0 spiro atoms. The third-order valence-corrected chi connectivity index (χ3v) is 6.03. The fourth-order valence-electron chi connectivity index (χ4n) is 3.60. The minimum absolute atomic E-state index is 0.232. The van der Waals surface area contributed by atoms with E-state index in [1.807, 2.05) is 6.92 Å². The van der Waals surface area contributed by atoms with E-state index >= 15 is 0 Å². The van der Waals surface area contributed by atoms with Gasteiger partial charge in [0.1, 0.15) is 17.6 Å². The van der Waals surface area contributed by atoms with Gasteiger partial charge in [0, 0.05) is 23.6 Å². The second-order valence-corrected chi connectivity index (χ2v) is 8.33. The highest BCUT2D eigenvalue weighted by Gasteiger charge is 2.57. The number of hydrogen-bond acceptors (Lipinski definition) is 5. The monoisotopic (exact) mass is 492 g/mol. The molecule has 2 atom stereocenters. The first kappa shape index (κ1) is 20.9. The van der Waals surface area contributed by atoms with E-state index in [1.165, 1.54) is 6.07 Å². The maximum Gasteiger partial charge on any atom is 0.350 e. The molecule has 0 radical (unpaired) electrons. The zero-order chi connectivity index (χ0) is 21.5. The smallest absolute Gasteiger partial charge is 0.350 e. The Morgan fingerprint density at radius 1 is 1.33 bits per heavy atom. The van der Waals surface area contributed by atoms with Gasteiger partial charge in [-0.05, 0) is 43.7 Å². The molecule has 1 aliphatic rings. The van der Waals surface area contributed by atoms with Crippen LogP contribution in [0.3, 0.4) is 0 Å². The molecule has 4 rings (SSSR count). The molecule has 30 heavy (non-hydrogen) atoms. The Kier molecular flexibility index (Phi) is 5.61. The van der Waals surface area contributed by atoms with E-state index in [-0.39, 0.29) is 22.5 Å². The van der Waals surface area contributed by atoms with E-state index in [0.717, 1.165) is 0 Å². The number of carboxylic acids is 1. The molecular weight excluding hydrogens is 476 g/mol. The maximum absolute atomic E-state index is 12.6. The van der Waals surface area contributed by atoms with Crippen molar-refractivity contribution in [1.82, 2.24) is 0 Å². The van der Waals surface area contributed by atoms with Crippen molar-refractivity contribution in [2.75, 3.05) is 6.61 Å². The molecule has 1 fully saturated rings. The molecule has 1 aliphatic carbocycles. The number of para-hydroxylation sites is 1. The summed E-state index contributed by atoms with van der Waals surface area (Å²) in [5.41, 5.74) is -1.05. The first-order valence-corrected chi connectivity index (χ1v) is 10.6. The number of carboxylic acid groups (broad SMARTS) is 1. The molecule has 8 heteroatoms. The molecule has 0 bridgehead atoms. The molecule has 1 aromatic heterocycles. The highest BCUT2D eigenvalue weighted by Crippen LogP contribution is 2.43. The van der Waals surface area contributed by atoms with Crippen molar-refractivity contribution in [1.29, 1.82) is 0 Å². The van der Waals surface area contributed by atoms with Crippen LogP contribution in [0.15, 0.2) is 56.1 Å². The van der Waals surface area contributed by atoms with Gasteiger partial charge in [-0.2, -0.15) is 0 Å². The van der Waals surface area contributed by atoms with Crippen LogP contribution in [-0.2, 0) is 9.53 Å². The molecule has 0 amide bonds. The number of hydrogen-bond donors (Lipinski definition) is 1. The summed E-state index contributed by atoms with van der Waals surface area (Å²) in [6.45, 7) is 2.19. The van der Waals surface area contributed by atoms with Gasteiger partial charge in [-0.3, -0.25) is 4.79 Å². The molecule has 3 aromatic rings. The summed E-state index contributed by atoms with van der Waals surface area (Å²) < 4.78 is 18.3. The lowest BCUT2D eigenvalue weighted by Gasteiger charge is -2.45. The average Bonchev–Trinajstić information content (AvgIpc) is 2.70. The molecule has 0 saturated heterocycles. The predicted molar refractivity (Wildman–Crippen MR) is 116 cm³/mol. The van der Waals surface area contributed by atoms with Crippen LogP contribution >= 0.6 is 27.5 Å². The highest BCUT2D eigenvalue weighted by atomic mass is 79.9. The molecule has 1 N–H and O–H groups in total. The van der Waals surface area contributed by atoms with E-state index in [9.17, 15) is 14.7 Å². The fourth-order valence-corrected chi connectivity index (χ4v) is 4.16. The van der Waals surface area contributed by atoms with Crippen LogP contribution in [0.1, 0.15) is 19.8 Å². The van der Waals surface area contributed by atoms with E-state index < -0.39 is 17.7 Å². The van der Waals surface area contributed by atoms with Crippen LogP contribution in [0.25, 0.3) is 22.3 Å². The van der Waals surface area contributed by atoms with Crippen molar-refractivity contribution < 1.29 is 23.8 Å². The summed E-state index contributed by atoms with van der Waals surface area (Å²) in [4.78, 5) is 24.7. The summed E-state index contributed by atoms with van der Waals surface area (Å²) in [5.74, 6) is -0.595. The van der Waals surface area contributed by atoms with Gasteiger partial charge in [0.2, 0.25) is 5.60 Å². The lowest BCUT2D eigenvalue weighted by atomic mass is 9.76. The minimum Gasteiger partial charge on any atom is -0.478 e. The molecule has 156 valence electrons. The second-order valence-electron chi connectivity index (χ2n) is 7.01. The average molecular weight is 494 g/mol. The number of ether oxygens (including phenoxy) is 2. The van der Waals surface area contributed by atoms with Gasteiger partial charge in [-0.15, -0.1) is 0 Å². The molecular formula is C22H18BrClO6. The minimum atomic E-state index is -1.50. The lowest BCUT2D eigenvalue weighted by Crippen LogP contribution is -2.62. The summed E-state index contributed by atoms with van der Waals surface area (Å²) in [7, 11) is 0. The van der Waals surface area contributed by atoms with E-state index in [1.54, 1.807) is 36.4 Å². The van der Waals surface area contributed by atoms with Crippen LogP contribution in [0, 0.1) is 0 Å². The van der Waals surface area contributed by atoms with E-state index in [0.29, 0.717) is 39.9 Å². The third-order valence-electron chi connectivity index (χ3n) is 5.24. The van der Waals surface area contributed by atoms with Gasteiger partial charge in [-0.1, -0.05) is 33.6 Å². The van der Waals surface area contributed by atoms with Crippen molar-refractivity contribution in [2.24, 2.45) is 0 Å². The molecule has 1 heterocycles. The largest absolute Gasteiger partial charge is 0.478 e. The van der Waals surface area contributed by atoms with Gasteiger partial charge >= 0.3 is 5.97 Å². The van der Waals surface area contributed by atoms with Crippen molar-refractivity contribution >= 4 is 44.5 Å². The SMILES string of the molecule is CCOC1CCC1(Oc1cc(Br)ccc1-c1cc(=O)c2cccc(Cl)c2o1)C(=O)O. The number of benzene rings is 2. The third kappa shape index (κ3) is 3.51. The number of aliphatic carboxylic acids is 1. The number of fused-ring (bicyclic) bond motifs is 1. The van der Waals surface area contributed by atoms with E-state index in [2.05, 4.69) is 15.9 Å². The molecule has 2 unspecified atom stereocenters. The normalized spacial score (nSPS) is 20.7. The summed E-state index contributed by atoms with van der Waals surface area (Å²) in [6.07, 6.45) is 0.334. The Morgan fingerprint density at radius 3 is 2.80 bits per heavy atom. The topological polar surface area (TPSA) is 86.0 Å². The van der Waals surface area contributed by atoms with Crippen LogP contribution < -0.4 is 10.2 Å². The van der Waals surface area contributed by atoms with E-state index in [4.69, 9.17) is 25.5 Å². The zero-order valence-electron chi connectivity index (χ0n) is 16.0. The summed E-state index contributed by atoms with van der Waals surface area (Å²) in [6, 6.07) is 11.4. The van der Waals surface area contributed by atoms with Crippen molar-refractivity contribution in [3.63, 3.8) is 0 Å². The van der Waals surface area contributed by atoms with Crippen molar-refractivity contribution in [3.05, 3.63) is 62.2 Å². The first-order chi connectivity index (χ1) is 14.4. The van der Waals surface area contributed by atoms with Gasteiger partial charge in [0.25, 0.3) is 0 Å². The van der Waals surface area contributed by atoms with Crippen molar-refractivity contribution in [3.8, 4) is 17.1 Å². The van der Waals surface area contributed by atoms with Crippen LogP contribution in [0.2, 0.25) is 5.02 Å². The van der Waals surface area contributed by atoms with Gasteiger partial charge < -0.3 is 19.0 Å². The highest BCUT2D eigenvalue weighted by molar-refractivity contribution is 9.10. The predicted octanol–water partition coefficient (Wildman–Crippen LogP) is 5.28. The van der Waals surface area contributed by atoms with Crippen LogP contribution in [0.4, 0.5) is 0 Å². The Hall–Kier alpha value is -2.35. The molecule has 2 aromatic carbocycles. The maximum atomic E-state index is 12.6. The first-order valence-electron chi connectivity index (χ1n) is 9.42. The molecule has 1 saturated carbocycles. The number of halogens is 2. The van der Waals surface area contributed by atoms with Gasteiger partial charge in [-0.25, -0.2) is 4.79 Å². The lowest BCUT2D eigenvalue weighted by molar-refractivity contribution is -0.193. The van der Waals surface area contributed by atoms with Gasteiger partial charge in [0.15, 0.2) is 11.0 Å². The number of carbonyl (C=O) groups is 1. The Labute approximate surface area is 185 Å². The van der Waals surface area contributed by atoms with Crippen molar-refractivity contribution in [2.45, 2.75) is 31.5 Å². The second kappa shape index (κ2) is 8.06. The zero-order valence-corrected chi connectivity index (χ0v) is 18.3. The van der Waals surface area contributed by atoms with Crippen LogP contribution in [-0.4, -0.2) is 29.4 Å². The quantitative estimate of drug-likeness (QED) is 0.503. The Bertz CT molecular complexity index is 1190. The molecule has 6 nitrogen and oxygen atoms in total. The standard InChI is InChI=1S/C22H18BrClO6/c1-2-28-19-8-9-22(19,21(26)27)30-18-10-12(23)6-7-14(18)17-11-16(25)13-4-3-5-15(24)20(13)29-17/h3-7,10-11,19H,2,8-9H2,1H3,(H,26,27). The van der Waals surface area contributed by atoms with Crippen LogP contribution in [0.5, 0.6) is 5.75 Å². The Balaban J connectivity index is 1.84. The fraction of sp³-hybridized carbons (Fsp3) is 0.273. The number of rotatable bonds is 6. The summed E-state index contributed by atoms with van der Waals surface area (Å²) in [5, 5.41) is 10.6. The summed E-state index contributed by atoms with van der Waals surface area (Å²) >= 11 is 9.61.